The third-order valence-electron chi connectivity index (χ3n) is 3.74. The summed E-state index contributed by atoms with van der Waals surface area (Å²) in [6.45, 7) is 3.71. The summed E-state index contributed by atoms with van der Waals surface area (Å²) in [5.41, 5.74) is 13.2. The summed E-state index contributed by atoms with van der Waals surface area (Å²) >= 11 is 0. The maximum Gasteiger partial charge on any atom is 0.271 e. The molecule has 132 valence electrons. The van der Waals surface area contributed by atoms with Crippen LogP contribution >= 0.6 is 0 Å². The largest absolute Gasteiger partial charge is 0.484 e. The normalized spacial score (nSPS) is 10.3. The number of hydrogen-bond acceptors (Lipinski definition) is 4. The molecule has 3 aromatic rings. The van der Waals surface area contributed by atoms with Gasteiger partial charge in [-0.3, -0.25) is 20.4 Å². The Bertz CT molecular complexity index is 960. The number of benzene rings is 2. The molecular formula is C19H18N4O3. The summed E-state index contributed by atoms with van der Waals surface area (Å²) in [4.78, 5) is 26.1. The predicted octanol–water partition coefficient (Wildman–Crippen LogP) is 1.94. The molecule has 1 aromatic heterocycles. The van der Waals surface area contributed by atoms with Gasteiger partial charge in [0, 0.05) is 17.1 Å². The van der Waals surface area contributed by atoms with Crippen LogP contribution in [0, 0.1) is 0 Å². The van der Waals surface area contributed by atoms with E-state index in [0.717, 1.165) is 16.5 Å². The molecule has 0 atom stereocenters. The number of fused-ring (bicyclic) bond motifs is 1. The van der Waals surface area contributed by atoms with Crippen LogP contribution in [-0.4, -0.2) is 23.4 Å². The van der Waals surface area contributed by atoms with Gasteiger partial charge in [0.25, 0.3) is 11.8 Å². The van der Waals surface area contributed by atoms with Gasteiger partial charge in [-0.1, -0.05) is 24.8 Å². The molecule has 0 saturated heterocycles. The Morgan fingerprint density at radius 3 is 2.54 bits per heavy atom. The van der Waals surface area contributed by atoms with Crippen LogP contribution in [0.4, 0.5) is 0 Å². The van der Waals surface area contributed by atoms with Gasteiger partial charge in [-0.05, 0) is 35.9 Å². The molecule has 3 rings (SSSR count). The summed E-state index contributed by atoms with van der Waals surface area (Å²) in [5, 5.41) is 0.841. The zero-order valence-electron chi connectivity index (χ0n) is 13.9. The molecule has 2 aromatic carbocycles. The fraction of sp³-hybridized carbons (Fsp3) is 0.0526. The highest BCUT2D eigenvalue weighted by atomic mass is 16.5. The van der Waals surface area contributed by atoms with Gasteiger partial charge in [-0.2, -0.15) is 0 Å². The molecule has 0 spiro atoms. The Morgan fingerprint density at radius 2 is 1.81 bits per heavy atom. The van der Waals surface area contributed by atoms with Crippen molar-refractivity contribution < 1.29 is 14.3 Å². The van der Waals surface area contributed by atoms with E-state index in [9.17, 15) is 9.59 Å². The van der Waals surface area contributed by atoms with Crippen LogP contribution < -0.4 is 21.3 Å². The number of hydrazine groups is 1. The van der Waals surface area contributed by atoms with Gasteiger partial charge >= 0.3 is 0 Å². The Morgan fingerprint density at radius 1 is 1.08 bits per heavy atom. The lowest BCUT2D eigenvalue weighted by atomic mass is 10.1. The van der Waals surface area contributed by atoms with Gasteiger partial charge in [0.15, 0.2) is 6.61 Å². The Balaban J connectivity index is 1.59. The number of nitrogens with one attached hydrogen (secondary N) is 3. The van der Waals surface area contributed by atoms with Crippen LogP contribution in [0.2, 0.25) is 0 Å². The van der Waals surface area contributed by atoms with Crippen molar-refractivity contribution in [2.45, 2.75) is 0 Å². The lowest BCUT2D eigenvalue weighted by molar-refractivity contribution is -0.119. The monoisotopic (exact) mass is 350 g/mol. The fourth-order valence-corrected chi connectivity index (χ4v) is 2.44. The molecule has 0 aliphatic heterocycles. The Labute approximate surface area is 149 Å². The van der Waals surface area contributed by atoms with Gasteiger partial charge in [0.05, 0.1) is 11.3 Å². The standard InChI is InChI=1S/C19H18N4O3/c1-12(13-6-8-14(9-7-13)26-11-18(20)24)22-23-19(25)16-10-21-17-5-3-2-4-15(16)17/h2-10,21-22H,1,11H2,(H2,20,24)(H,23,25). The zero-order valence-corrected chi connectivity index (χ0v) is 13.9. The van der Waals surface area contributed by atoms with Crippen molar-refractivity contribution in [2.24, 2.45) is 5.73 Å². The molecule has 1 heterocycles. The third-order valence-corrected chi connectivity index (χ3v) is 3.74. The van der Waals surface area contributed by atoms with Gasteiger partial charge in [-0.15, -0.1) is 0 Å². The minimum atomic E-state index is -0.542. The molecule has 2 amide bonds. The SMILES string of the molecule is C=C(NNC(=O)c1c[nH]c2ccccc12)c1ccc(OCC(N)=O)cc1. The molecule has 7 nitrogen and oxygen atoms in total. The first kappa shape index (κ1) is 17.1. The molecular weight excluding hydrogens is 332 g/mol. The van der Waals surface area contributed by atoms with Crippen molar-refractivity contribution in [3.8, 4) is 5.75 Å². The van der Waals surface area contributed by atoms with Crippen molar-refractivity contribution in [3.05, 3.63) is 72.4 Å². The van der Waals surface area contributed by atoms with Crippen molar-refractivity contribution >= 4 is 28.4 Å². The molecule has 5 N–H and O–H groups in total. The second kappa shape index (κ2) is 7.43. The molecule has 7 heteroatoms. The number of hydrogen-bond donors (Lipinski definition) is 4. The summed E-state index contributed by atoms with van der Waals surface area (Å²) in [6, 6.07) is 14.4. The van der Waals surface area contributed by atoms with E-state index in [1.165, 1.54) is 0 Å². The van der Waals surface area contributed by atoms with Crippen molar-refractivity contribution in [1.82, 2.24) is 15.8 Å². The second-order valence-corrected chi connectivity index (χ2v) is 5.58. The Kier molecular flexibility index (Phi) is 4.89. The van der Waals surface area contributed by atoms with Crippen LogP contribution in [0.3, 0.4) is 0 Å². The number of rotatable bonds is 7. The zero-order chi connectivity index (χ0) is 18.5. The highest BCUT2D eigenvalue weighted by Crippen LogP contribution is 2.18. The highest BCUT2D eigenvalue weighted by Gasteiger charge is 2.11. The quantitative estimate of drug-likeness (QED) is 0.488. The van der Waals surface area contributed by atoms with Crippen molar-refractivity contribution in [1.29, 1.82) is 0 Å². The van der Waals surface area contributed by atoms with E-state index < -0.39 is 5.91 Å². The first-order valence-electron chi connectivity index (χ1n) is 7.87. The molecule has 26 heavy (non-hydrogen) atoms. The number of ether oxygens (including phenoxy) is 1. The number of primary amides is 1. The lowest BCUT2D eigenvalue weighted by Gasteiger charge is -2.11. The fourth-order valence-electron chi connectivity index (χ4n) is 2.44. The van der Waals surface area contributed by atoms with Gasteiger partial charge in [0.1, 0.15) is 5.75 Å². The number of nitrogens with two attached hydrogens (primary N) is 1. The number of carbonyl (C=O) groups is 2. The van der Waals surface area contributed by atoms with Crippen molar-refractivity contribution in [2.75, 3.05) is 6.61 Å². The third kappa shape index (κ3) is 3.84. The molecule has 0 aliphatic carbocycles. The number of aromatic nitrogens is 1. The van der Waals surface area contributed by atoms with Crippen molar-refractivity contribution in [3.63, 3.8) is 0 Å². The summed E-state index contributed by atoms with van der Waals surface area (Å²) in [5.74, 6) is -0.298. The topological polar surface area (TPSA) is 109 Å². The first-order valence-corrected chi connectivity index (χ1v) is 7.87. The molecule has 0 radical (unpaired) electrons. The van der Waals surface area contributed by atoms with E-state index in [-0.39, 0.29) is 12.5 Å². The predicted molar refractivity (Wildman–Crippen MR) is 99.1 cm³/mol. The summed E-state index contributed by atoms with van der Waals surface area (Å²) < 4.78 is 5.19. The van der Waals surface area contributed by atoms with Gasteiger partial charge in [-0.25, -0.2) is 0 Å². The maximum absolute atomic E-state index is 12.4. The number of amides is 2. The summed E-state index contributed by atoms with van der Waals surface area (Å²) in [6.07, 6.45) is 1.66. The summed E-state index contributed by atoms with van der Waals surface area (Å²) in [7, 11) is 0. The van der Waals surface area contributed by atoms with E-state index >= 15 is 0 Å². The number of aromatic amines is 1. The van der Waals surface area contributed by atoms with Crippen LogP contribution in [0.1, 0.15) is 15.9 Å². The number of para-hydroxylation sites is 1. The average molecular weight is 350 g/mol. The van der Waals surface area contributed by atoms with E-state index in [2.05, 4.69) is 22.4 Å². The van der Waals surface area contributed by atoms with E-state index in [0.29, 0.717) is 17.0 Å². The minimum absolute atomic E-state index is 0.181. The highest BCUT2D eigenvalue weighted by molar-refractivity contribution is 6.06. The molecule has 0 unspecified atom stereocenters. The van der Waals surface area contributed by atoms with E-state index in [4.69, 9.17) is 10.5 Å². The first-order chi connectivity index (χ1) is 12.5. The lowest BCUT2D eigenvalue weighted by Crippen LogP contribution is -2.35. The molecule has 0 bridgehead atoms. The molecule has 0 aliphatic rings. The number of carbonyl (C=O) groups excluding carboxylic acids is 2. The van der Waals surface area contributed by atoms with E-state index in [1.54, 1.807) is 30.5 Å². The van der Waals surface area contributed by atoms with Crippen LogP contribution in [0.5, 0.6) is 5.75 Å². The average Bonchev–Trinajstić information content (AvgIpc) is 3.09. The van der Waals surface area contributed by atoms with Crippen LogP contribution in [-0.2, 0) is 4.79 Å². The smallest absolute Gasteiger partial charge is 0.271 e. The van der Waals surface area contributed by atoms with Crippen LogP contribution in [0.25, 0.3) is 16.6 Å². The maximum atomic E-state index is 12.4. The Hall–Kier alpha value is -3.74. The second-order valence-electron chi connectivity index (χ2n) is 5.58. The van der Waals surface area contributed by atoms with Crippen LogP contribution in [0.15, 0.2) is 61.3 Å². The molecule has 0 saturated carbocycles. The van der Waals surface area contributed by atoms with E-state index in [1.807, 2.05) is 24.3 Å². The molecule has 0 fully saturated rings. The minimum Gasteiger partial charge on any atom is -0.484 e. The van der Waals surface area contributed by atoms with Gasteiger partial charge in [0.2, 0.25) is 0 Å². The number of H-pyrrole nitrogens is 1. The van der Waals surface area contributed by atoms with Gasteiger partial charge < -0.3 is 15.5 Å².